The zero-order valence-corrected chi connectivity index (χ0v) is 14.5. The van der Waals surface area contributed by atoms with Gasteiger partial charge in [-0.05, 0) is 38.0 Å². The number of amides is 2. The number of hydrogen-bond donors (Lipinski definition) is 1. The van der Waals surface area contributed by atoms with E-state index in [0.717, 1.165) is 58.5 Å². The Bertz CT molecular complexity index is 333. The highest BCUT2D eigenvalue weighted by atomic mass is 16.5. The van der Waals surface area contributed by atoms with Crippen molar-refractivity contribution >= 4 is 6.03 Å². The van der Waals surface area contributed by atoms with Crippen molar-refractivity contribution in [2.24, 2.45) is 5.92 Å². The third kappa shape index (κ3) is 4.85. The van der Waals surface area contributed by atoms with Crippen LogP contribution in [0, 0.1) is 5.92 Å². The highest BCUT2D eigenvalue weighted by Gasteiger charge is 2.26. The second kappa shape index (κ2) is 8.73. The van der Waals surface area contributed by atoms with Gasteiger partial charge in [-0.3, -0.25) is 0 Å². The predicted molar refractivity (Wildman–Crippen MR) is 89.1 cm³/mol. The largest absolute Gasteiger partial charge is 0.381 e. The number of carbonyl (C=O) groups is 1. The number of nitrogens with one attached hydrogen (secondary N) is 1. The van der Waals surface area contributed by atoms with E-state index >= 15 is 0 Å². The van der Waals surface area contributed by atoms with Gasteiger partial charge in [-0.15, -0.1) is 0 Å². The number of ether oxygens (including phenoxy) is 1. The molecule has 22 heavy (non-hydrogen) atoms. The molecule has 0 aromatic rings. The molecular weight excluding hydrogens is 278 g/mol. The molecule has 1 N–H and O–H groups in total. The summed E-state index contributed by atoms with van der Waals surface area (Å²) in [6, 6.07) is 0.777. The van der Waals surface area contributed by atoms with E-state index in [4.69, 9.17) is 4.74 Å². The van der Waals surface area contributed by atoms with Crippen LogP contribution in [0.2, 0.25) is 0 Å². The van der Waals surface area contributed by atoms with Crippen LogP contribution in [0.5, 0.6) is 0 Å². The van der Waals surface area contributed by atoms with E-state index < -0.39 is 0 Å². The smallest absolute Gasteiger partial charge is 0.317 e. The van der Waals surface area contributed by atoms with Crippen molar-refractivity contribution in [1.82, 2.24) is 15.1 Å². The Morgan fingerprint density at radius 2 is 1.95 bits per heavy atom. The van der Waals surface area contributed by atoms with Crippen LogP contribution < -0.4 is 5.32 Å². The molecule has 128 valence electrons. The molecule has 0 aliphatic carbocycles. The minimum absolute atomic E-state index is 0.0938. The van der Waals surface area contributed by atoms with Crippen molar-refractivity contribution in [1.29, 1.82) is 0 Å². The Balaban J connectivity index is 1.69. The van der Waals surface area contributed by atoms with E-state index in [9.17, 15) is 4.79 Å². The van der Waals surface area contributed by atoms with Crippen LogP contribution in [0.3, 0.4) is 0 Å². The van der Waals surface area contributed by atoms with Gasteiger partial charge in [0.1, 0.15) is 0 Å². The Hall–Kier alpha value is -0.810. The highest BCUT2D eigenvalue weighted by molar-refractivity contribution is 5.74. The van der Waals surface area contributed by atoms with Crippen molar-refractivity contribution in [2.45, 2.75) is 58.0 Å². The van der Waals surface area contributed by atoms with E-state index in [-0.39, 0.29) is 6.03 Å². The summed E-state index contributed by atoms with van der Waals surface area (Å²) in [5.74, 6) is 0.715. The summed E-state index contributed by atoms with van der Waals surface area (Å²) in [4.78, 5) is 16.7. The Morgan fingerprint density at radius 3 is 2.50 bits per heavy atom. The second-order valence-corrected chi connectivity index (χ2v) is 6.84. The molecule has 2 amide bonds. The number of hydrogen-bond acceptors (Lipinski definition) is 3. The summed E-state index contributed by atoms with van der Waals surface area (Å²) < 4.78 is 5.45. The van der Waals surface area contributed by atoms with Crippen LogP contribution in [0.4, 0.5) is 4.79 Å². The fourth-order valence-corrected chi connectivity index (χ4v) is 3.63. The molecule has 0 saturated carbocycles. The van der Waals surface area contributed by atoms with Crippen molar-refractivity contribution in [3.63, 3.8) is 0 Å². The molecule has 0 aromatic heterocycles. The molecule has 2 aliphatic rings. The van der Waals surface area contributed by atoms with Crippen molar-refractivity contribution < 1.29 is 9.53 Å². The molecule has 0 radical (unpaired) electrons. The van der Waals surface area contributed by atoms with E-state index in [1.54, 1.807) is 0 Å². The molecule has 2 heterocycles. The minimum atomic E-state index is 0.0938. The van der Waals surface area contributed by atoms with Gasteiger partial charge in [0.2, 0.25) is 0 Å². The molecule has 2 rings (SSSR count). The molecule has 2 aliphatic heterocycles. The lowest BCUT2D eigenvalue weighted by molar-refractivity contribution is 0.142. The SMILES string of the molecule is CCC(CC)N(C)C(=O)NC1CCN(CC2CCOC2)CC1. The predicted octanol–water partition coefficient (Wildman–Crippen LogP) is 2.32. The average Bonchev–Trinajstić information content (AvgIpc) is 3.03. The fourth-order valence-electron chi connectivity index (χ4n) is 3.63. The van der Waals surface area contributed by atoms with Gasteiger partial charge in [-0.2, -0.15) is 0 Å². The number of urea groups is 1. The first-order valence-corrected chi connectivity index (χ1v) is 8.97. The Labute approximate surface area is 135 Å². The van der Waals surface area contributed by atoms with Gasteiger partial charge in [0, 0.05) is 45.4 Å². The molecule has 2 saturated heterocycles. The zero-order chi connectivity index (χ0) is 15.9. The van der Waals surface area contributed by atoms with Crippen molar-refractivity contribution in [2.75, 3.05) is 39.9 Å². The number of nitrogens with zero attached hydrogens (tertiary/aromatic N) is 2. The monoisotopic (exact) mass is 311 g/mol. The number of rotatable bonds is 6. The molecule has 2 fully saturated rings. The summed E-state index contributed by atoms with van der Waals surface area (Å²) >= 11 is 0. The first-order chi connectivity index (χ1) is 10.6. The second-order valence-electron chi connectivity index (χ2n) is 6.84. The quantitative estimate of drug-likeness (QED) is 0.819. The molecule has 0 spiro atoms. The summed E-state index contributed by atoms with van der Waals surface area (Å²) in [7, 11) is 1.92. The van der Waals surface area contributed by atoms with Gasteiger partial charge in [-0.1, -0.05) is 13.8 Å². The normalized spacial score (nSPS) is 23.9. The van der Waals surface area contributed by atoms with Crippen LogP contribution in [0.25, 0.3) is 0 Å². The van der Waals surface area contributed by atoms with Gasteiger partial charge >= 0.3 is 6.03 Å². The van der Waals surface area contributed by atoms with Crippen LogP contribution in [-0.2, 0) is 4.74 Å². The zero-order valence-electron chi connectivity index (χ0n) is 14.5. The Kier molecular flexibility index (Phi) is 6.96. The summed E-state index contributed by atoms with van der Waals surface area (Å²) in [5, 5.41) is 3.22. The lowest BCUT2D eigenvalue weighted by Gasteiger charge is -2.35. The number of likely N-dealkylation sites (tertiary alicyclic amines) is 1. The maximum absolute atomic E-state index is 12.3. The minimum Gasteiger partial charge on any atom is -0.381 e. The first-order valence-electron chi connectivity index (χ1n) is 8.97. The summed E-state index contributed by atoms with van der Waals surface area (Å²) in [5.41, 5.74) is 0. The lowest BCUT2D eigenvalue weighted by Crippen LogP contribution is -2.50. The average molecular weight is 311 g/mol. The molecule has 1 unspecified atom stereocenters. The van der Waals surface area contributed by atoms with Crippen LogP contribution in [0.1, 0.15) is 46.0 Å². The van der Waals surface area contributed by atoms with Gasteiger partial charge in [-0.25, -0.2) is 4.79 Å². The third-order valence-corrected chi connectivity index (χ3v) is 5.27. The molecular formula is C17H33N3O2. The van der Waals surface area contributed by atoms with Gasteiger partial charge in [0.05, 0.1) is 6.61 Å². The van der Waals surface area contributed by atoms with Crippen LogP contribution in [0.15, 0.2) is 0 Å². The maximum Gasteiger partial charge on any atom is 0.317 e. The van der Waals surface area contributed by atoms with Gasteiger partial charge in [0.15, 0.2) is 0 Å². The first kappa shape index (κ1) is 17.5. The maximum atomic E-state index is 12.3. The third-order valence-electron chi connectivity index (χ3n) is 5.27. The molecule has 1 atom stereocenters. The van der Waals surface area contributed by atoms with E-state index in [2.05, 4.69) is 24.1 Å². The number of carbonyl (C=O) groups excluding carboxylic acids is 1. The van der Waals surface area contributed by atoms with Crippen LogP contribution in [-0.4, -0.2) is 67.8 Å². The van der Waals surface area contributed by atoms with Crippen LogP contribution >= 0.6 is 0 Å². The van der Waals surface area contributed by atoms with E-state index in [1.165, 1.54) is 6.42 Å². The molecule has 0 bridgehead atoms. The Morgan fingerprint density at radius 1 is 1.27 bits per heavy atom. The van der Waals surface area contributed by atoms with E-state index in [0.29, 0.717) is 18.0 Å². The summed E-state index contributed by atoms with van der Waals surface area (Å²) in [6.07, 6.45) is 5.37. The van der Waals surface area contributed by atoms with Crippen molar-refractivity contribution in [3.05, 3.63) is 0 Å². The standard InChI is InChI=1S/C17H33N3O2/c1-4-16(5-2)19(3)17(21)18-15-6-9-20(10-7-15)12-14-8-11-22-13-14/h14-16H,4-13H2,1-3H3,(H,18,21). The van der Waals surface area contributed by atoms with Crippen molar-refractivity contribution in [3.8, 4) is 0 Å². The van der Waals surface area contributed by atoms with E-state index in [1.807, 2.05) is 11.9 Å². The molecule has 5 heteroatoms. The fraction of sp³-hybridized carbons (Fsp3) is 0.941. The summed E-state index contributed by atoms with van der Waals surface area (Å²) in [6.45, 7) is 9.49. The lowest BCUT2D eigenvalue weighted by atomic mass is 10.0. The highest BCUT2D eigenvalue weighted by Crippen LogP contribution is 2.18. The molecule has 5 nitrogen and oxygen atoms in total. The molecule has 0 aromatic carbocycles. The van der Waals surface area contributed by atoms with Gasteiger partial charge < -0.3 is 19.9 Å². The number of piperidine rings is 1. The van der Waals surface area contributed by atoms with Gasteiger partial charge in [0.25, 0.3) is 0 Å². The topological polar surface area (TPSA) is 44.8 Å².